The predicted octanol–water partition coefficient (Wildman–Crippen LogP) is 15.4. The number of benzene rings is 2. The van der Waals surface area contributed by atoms with Crippen molar-refractivity contribution >= 4 is 21.6 Å². The second-order valence-corrected chi connectivity index (χ2v) is 23.2. The molecule has 0 bridgehead atoms. The van der Waals surface area contributed by atoms with Gasteiger partial charge in [-0.2, -0.15) is 0 Å². The molecule has 2 rings (SSSR count). The predicted molar refractivity (Wildman–Crippen MR) is 250 cm³/mol. The van der Waals surface area contributed by atoms with Crippen molar-refractivity contribution in [3.63, 3.8) is 0 Å². The largest absolute Gasteiger partial charge is 0.313 e. The molecule has 2 aromatic rings. The first-order chi connectivity index (χ1) is 25.4. The van der Waals surface area contributed by atoms with Crippen LogP contribution in [-0.2, 0) is 34.7 Å². The van der Waals surface area contributed by atoms with Gasteiger partial charge in [0.25, 0.3) is 0 Å². The van der Waals surface area contributed by atoms with E-state index in [2.05, 4.69) is 152 Å². The van der Waals surface area contributed by atoms with Gasteiger partial charge in [-0.25, -0.2) is 0 Å². The van der Waals surface area contributed by atoms with Gasteiger partial charge in [-0.1, -0.05) is 218 Å². The second kappa shape index (κ2) is 25.4. The molecule has 0 saturated heterocycles. The summed E-state index contributed by atoms with van der Waals surface area (Å²) >= 11 is 0. The Morgan fingerprint density at radius 2 is 0.574 bits per heavy atom. The minimum Gasteiger partial charge on any atom is -0.313 e. The third-order valence-electron chi connectivity index (χ3n) is 10.9. The molecule has 0 aliphatic heterocycles. The van der Waals surface area contributed by atoms with E-state index in [4.69, 9.17) is 0 Å². The molecule has 54 heavy (non-hydrogen) atoms. The lowest BCUT2D eigenvalue weighted by Gasteiger charge is -2.26. The molecule has 0 unspecified atom stereocenters. The first kappa shape index (κ1) is 49.2. The van der Waals surface area contributed by atoms with Gasteiger partial charge >= 0.3 is 0 Å². The smallest absolute Gasteiger partial charge is 0.0205 e. The van der Waals surface area contributed by atoms with Crippen LogP contribution in [0.3, 0.4) is 0 Å². The van der Waals surface area contributed by atoms with Crippen molar-refractivity contribution < 1.29 is 0 Å². The Balaban J connectivity index is 1.34. The lowest BCUT2D eigenvalue weighted by Crippen LogP contribution is -2.19. The first-order valence-electron chi connectivity index (χ1n) is 22.3. The summed E-state index contributed by atoms with van der Waals surface area (Å²) < 4.78 is 0. The Hall–Kier alpha value is -0.940. The molecule has 0 saturated carbocycles. The van der Waals surface area contributed by atoms with Crippen molar-refractivity contribution in [2.24, 2.45) is 0 Å². The topological polar surface area (TPSA) is 24.1 Å². The lowest BCUT2D eigenvalue weighted by molar-refractivity contribution is 0.551. The van der Waals surface area contributed by atoms with Crippen LogP contribution in [0.15, 0.2) is 36.4 Å². The summed E-state index contributed by atoms with van der Waals surface area (Å²) in [5.41, 5.74) is 9.43. The van der Waals surface area contributed by atoms with Gasteiger partial charge in [-0.15, -0.1) is 0 Å². The van der Waals surface area contributed by atoms with Crippen LogP contribution < -0.4 is 10.6 Å². The van der Waals surface area contributed by atoms with E-state index in [-0.39, 0.29) is 21.7 Å². The minimum absolute atomic E-state index is 0.187. The van der Waals surface area contributed by atoms with Crippen molar-refractivity contribution in [1.29, 1.82) is 0 Å². The van der Waals surface area contributed by atoms with E-state index in [0.717, 1.165) is 26.2 Å². The van der Waals surface area contributed by atoms with Gasteiger partial charge in [0, 0.05) is 24.6 Å². The van der Waals surface area contributed by atoms with Crippen LogP contribution in [-0.4, -0.2) is 24.6 Å². The van der Waals surface area contributed by atoms with Gasteiger partial charge in [0.15, 0.2) is 0 Å². The van der Waals surface area contributed by atoms with Gasteiger partial charge in [-0.05, 0) is 93.8 Å². The molecular formula is C50H88N2S2. The summed E-state index contributed by atoms with van der Waals surface area (Å²) in [6.45, 7) is 32.1. The zero-order chi connectivity index (χ0) is 40.1. The molecule has 0 amide bonds. The van der Waals surface area contributed by atoms with E-state index in [0.29, 0.717) is 0 Å². The van der Waals surface area contributed by atoms with E-state index in [1.807, 2.05) is 0 Å². The summed E-state index contributed by atoms with van der Waals surface area (Å²) in [7, 11) is 4.24. The van der Waals surface area contributed by atoms with Crippen LogP contribution in [0.1, 0.15) is 219 Å². The van der Waals surface area contributed by atoms with Crippen molar-refractivity contribution in [1.82, 2.24) is 10.6 Å². The number of nitrogens with one attached hydrogen (secondary N) is 2. The average Bonchev–Trinajstić information content (AvgIpc) is 3.08. The van der Waals surface area contributed by atoms with Crippen LogP contribution >= 0.6 is 21.6 Å². The zero-order valence-corrected chi connectivity index (χ0v) is 39.5. The van der Waals surface area contributed by atoms with Crippen molar-refractivity contribution in [2.45, 2.75) is 221 Å². The molecular weight excluding hydrogens is 693 g/mol. The number of hydrogen-bond donors (Lipinski definition) is 2. The maximum absolute atomic E-state index is 3.73. The molecule has 4 heteroatoms. The maximum atomic E-state index is 3.73. The first-order valence-corrected chi connectivity index (χ1v) is 24.8. The molecule has 2 nitrogen and oxygen atoms in total. The SMILES string of the molecule is CC(C)(C)c1cc(CNCCCCCCCCCCSSCCCCCCCCCCNCc2cc(C(C)(C)C)cc(C(C)(C)C)c2)cc(C(C)(C)C)c1. The van der Waals surface area contributed by atoms with Crippen LogP contribution in [0.5, 0.6) is 0 Å². The van der Waals surface area contributed by atoms with Crippen molar-refractivity contribution in [2.75, 3.05) is 24.6 Å². The molecule has 0 radical (unpaired) electrons. The molecule has 2 N–H and O–H groups in total. The monoisotopic (exact) mass is 781 g/mol. The summed E-state index contributed by atoms with van der Waals surface area (Å²) in [5, 5.41) is 7.46. The fourth-order valence-corrected chi connectivity index (χ4v) is 9.14. The van der Waals surface area contributed by atoms with E-state index in [1.165, 1.54) is 148 Å². The summed E-state index contributed by atoms with van der Waals surface area (Å²) in [4.78, 5) is 0. The highest BCUT2D eigenvalue weighted by atomic mass is 33.1. The van der Waals surface area contributed by atoms with Gasteiger partial charge in [0.05, 0.1) is 0 Å². The van der Waals surface area contributed by atoms with Crippen molar-refractivity contribution in [3.05, 3.63) is 69.8 Å². The highest BCUT2D eigenvalue weighted by molar-refractivity contribution is 8.76. The quantitative estimate of drug-likeness (QED) is 0.0696. The average molecular weight is 781 g/mol. The third kappa shape index (κ3) is 22.1. The van der Waals surface area contributed by atoms with E-state index in [9.17, 15) is 0 Å². The van der Waals surface area contributed by atoms with Gasteiger partial charge in [-0.3, -0.25) is 0 Å². The highest BCUT2D eigenvalue weighted by Gasteiger charge is 2.21. The molecule has 2 aromatic carbocycles. The molecule has 310 valence electrons. The Labute approximate surface area is 345 Å². The summed E-state index contributed by atoms with van der Waals surface area (Å²) in [5.74, 6) is 2.67. The Morgan fingerprint density at radius 1 is 0.333 bits per heavy atom. The number of unbranched alkanes of at least 4 members (excludes halogenated alkanes) is 14. The van der Waals surface area contributed by atoms with Crippen LogP contribution in [0.2, 0.25) is 0 Å². The molecule has 0 spiro atoms. The number of rotatable bonds is 27. The Bertz CT molecular complexity index is 1110. The van der Waals surface area contributed by atoms with E-state index >= 15 is 0 Å². The third-order valence-corrected chi connectivity index (χ3v) is 13.4. The van der Waals surface area contributed by atoms with Gasteiger partial charge in [0.2, 0.25) is 0 Å². The fraction of sp³-hybridized carbons (Fsp3) is 0.760. The number of hydrogen-bond acceptors (Lipinski definition) is 4. The standard InChI is InChI=1S/C50H88N2S2/c1-47(2,3)43-33-41(34-44(37-43)48(4,5)6)39-51-29-25-21-17-13-15-19-23-27-31-53-54-32-28-24-20-16-14-18-22-26-30-52-40-42-35-45(49(7,8)9)38-46(36-42)50(10,11)12/h33-38,51-52H,13-32,39-40H2,1-12H3. The zero-order valence-electron chi connectivity index (χ0n) is 37.8. The molecule has 0 aromatic heterocycles. The van der Waals surface area contributed by atoms with Gasteiger partial charge < -0.3 is 10.6 Å². The van der Waals surface area contributed by atoms with Crippen molar-refractivity contribution in [3.8, 4) is 0 Å². The molecule has 0 heterocycles. The second-order valence-electron chi connectivity index (χ2n) is 20.5. The minimum atomic E-state index is 0.187. The normalized spacial score (nSPS) is 12.9. The molecule has 0 fully saturated rings. The maximum Gasteiger partial charge on any atom is 0.0205 e. The Kier molecular flexibility index (Phi) is 23.2. The molecule has 0 aliphatic carbocycles. The highest BCUT2D eigenvalue weighted by Crippen LogP contribution is 2.32. The molecule has 0 aliphatic rings. The summed E-state index contributed by atoms with van der Waals surface area (Å²) in [6, 6.07) is 14.5. The van der Waals surface area contributed by atoms with Crippen LogP contribution in [0, 0.1) is 0 Å². The lowest BCUT2D eigenvalue weighted by atomic mass is 9.79. The Morgan fingerprint density at radius 3 is 0.833 bits per heavy atom. The van der Waals surface area contributed by atoms with Crippen LogP contribution in [0.4, 0.5) is 0 Å². The van der Waals surface area contributed by atoms with E-state index in [1.54, 1.807) is 0 Å². The van der Waals surface area contributed by atoms with Gasteiger partial charge in [0.1, 0.15) is 0 Å². The summed E-state index contributed by atoms with van der Waals surface area (Å²) in [6.07, 6.45) is 22.2. The van der Waals surface area contributed by atoms with E-state index < -0.39 is 0 Å². The van der Waals surface area contributed by atoms with Crippen LogP contribution in [0.25, 0.3) is 0 Å². The molecule has 0 atom stereocenters. The fourth-order valence-electron chi connectivity index (χ4n) is 6.85.